The van der Waals surface area contributed by atoms with Crippen molar-refractivity contribution in [2.75, 3.05) is 6.54 Å². The van der Waals surface area contributed by atoms with Crippen LogP contribution >= 0.6 is 34.8 Å². The van der Waals surface area contributed by atoms with Crippen LogP contribution in [0, 0.1) is 0 Å². The average Bonchev–Trinajstić information content (AvgIpc) is 2.86. The van der Waals surface area contributed by atoms with Gasteiger partial charge in [-0.25, -0.2) is 0 Å². The van der Waals surface area contributed by atoms with Crippen LogP contribution in [-0.2, 0) is 13.1 Å². The number of nitrogens with zero attached hydrogens (tertiary/aromatic N) is 2. The highest BCUT2D eigenvalue weighted by Crippen LogP contribution is 2.31. The van der Waals surface area contributed by atoms with E-state index in [0.29, 0.717) is 21.6 Å². The Bertz CT molecular complexity index is 512. The molecule has 0 unspecified atom stereocenters. The van der Waals surface area contributed by atoms with Crippen LogP contribution in [-0.4, -0.2) is 16.3 Å². The third-order valence-corrected chi connectivity index (χ3v) is 3.72. The van der Waals surface area contributed by atoms with Crippen LogP contribution in [0.1, 0.15) is 5.56 Å². The Balaban J connectivity index is 1.88. The molecule has 1 heterocycles. The maximum atomic E-state index is 6.10. The van der Waals surface area contributed by atoms with Gasteiger partial charge in [0.25, 0.3) is 0 Å². The van der Waals surface area contributed by atoms with Gasteiger partial charge in [0.2, 0.25) is 0 Å². The highest BCUT2D eigenvalue weighted by atomic mass is 35.5. The molecule has 2 aromatic rings. The molecule has 3 nitrogen and oxygen atoms in total. The van der Waals surface area contributed by atoms with Crippen molar-refractivity contribution >= 4 is 34.8 Å². The smallest absolute Gasteiger partial charge is 0.0652 e. The number of rotatable bonds is 5. The highest BCUT2D eigenvalue weighted by molar-refractivity contribution is 6.44. The lowest BCUT2D eigenvalue weighted by Gasteiger charge is -2.10. The van der Waals surface area contributed by atoms with Crippen molar-refractivity contribution in [3.05, 3.63) is 51.2 Å². The van der Waals surface area contributed by atoms with Crippen molar-refractivity contribution in [1.29, 1.82) is 0 Å². The molecule has 0 saturated heterocycles. The fourth-order valence-corrected chi connectivity index (χ4v) is 2.25. The molecule has 1 N–H and O–H groups in total. The van der Waals surface area contributed by atoms with E-state index in [4.69, 9.17) is 34.8 Å². The maximum absolute atomic E-state index is 6.10. The van der Waals surface area contributed by atoms with E-state index >= 15 is 0 Å². The second-order valence-electron chi connectivity index (χ2n) is 3.77. The average molecular weight is 305 g/mol. The number of aromatic nitrogens is 2. The molecular weight excluding hydrogens is 293 g/mol. The van der Waals surface area contributed by atoms with E-state index < -0.39 is 0 Å². The minimum absolute atomic E-state index is 0.510. The highest BCUT2D eigenvalue weighted by Gasteiger charge is 2.08. The van der Waals surface area contributed by atoms with Crippen molar-refractivity contribution in [2.24, 2.45) is 0 Å². The predicted octanol–water partition coefficient (Wildman–Crippen LogP) is 3.63. The van der Waals surface area contributed by atoms with Crippen molar-refractivity contribution in [2.45, 2.75) is 13.1 Å². The van der Waals surface area contributed by atoms with Crippen LogP contribution in [0.2, 0.25) is 15.1 Å². The van der Waals surface area contributed by atoms with Gasteiger partial charge in [-0.1, -0.05) is 34.8 Å². The van der Waals surface area contributed by atoms with E-state index in [1.807, 2.05) is 16.9 Å². The van der Waals surface area contributed by atoms with Gasteiger partial charge in [-0.2, -0.15) is 5.10 Å². The molecule has 0 fully saturated rings. The van der Waals surface area contributed by atoms with Crippen LogP contribution in [0.15, 0.2) is 30.6 Å². The first kappa shape index (κ1) is 13.7. The molecule has 2 rings (SSSR count). The van der Waals surface area contributed by atoms with Crippen LogP contribution < -0.4 is 5.32 Å². The molecule has 0 radical (unpaired) electrons. The summed E-state index contributed by atoms with van der Waals surface area (Å²) in [6.07, 6.45) is 3.67. The van der Waals surface area contributed by atoms with Crippen molar-refractivity contribution in [3.63, 3.8) is 0 Å². The van der Waals surface area contributed by atoms with E-state index in [1.165, 1.54) is 0 Å². The molecule has 0 amide bonds. The van der Waals surface area contributed by atoms with Crippen LogP contribution in [0.25, 0.3) is 0 Å². The first-order valence-corrected chi connectivity index (χ1v) is 6.62. The van der Waals surface area contributed by atoms with E-state index in [9.17, 15) is 0 Å². The summed E-state index contributed by atoms with van der Waals surface area (Å²) < 4.78 is 1.86. The van der Waals surface area contributed by atoms with Crippen LogP contribution in [0.4, 0.5) is 0 Å². The summed E-state index contributed by atoms with van der Waals surface area (Å²) in [5, 5.41) is 9.02. The van der Waals surface area contributed by atoms with Crippen molar-refractivity contribution < 1.29 is 0 Å². The first-order chi connectivity index (χ1) is 8.68. The molecule has 96 valence electrons. The zero-order chi connectivity index (χ0) is 13.0. The minimum Gasteiger partial charge on any atom is -0.311 e. The maximum Gasteiger partial charge on any atom is 0.0652 e. The van der Waals surface area contributed by atoms with Gasteiger partial charge in [-0.3, -0.25) is 4.68 Å². The summed E-state index contributed by atoms with van der Waals surface area (Å²) >= 11 is 18.1. The van der Waals surface area contributed by atoms with Gasteiger partial charge in [0.05, 0.1) is 16.6 Å². The minimum atomic E-state index is 0.510. The molecule has 0 aliphatic rings. The Labute approximate surface area is 121 Å². The first-order valence-electron chi connectivity index (χ1n) is 5.49. The summed E-state index contributed by atoms with van der Waals surface area (Å²) in [6.45, 7) is 2.16. The zero-order valence-corrected chi connectivity index (χ0v) is 11.8. The van der Waals surface area contributed by atoms with E-state index in [2.05, 4.69) is 10.4 Å². The van der Waals surface area contributed by atoms with Gasteiger partial charge in [-0.05, 0) is 18.2 Å². The molecule has 1 aromatic heterocycles. The summed E-state index contributed by atoms with van der Waals surface area (Å²) in [4.78, 5) is 0. The standard InChI is InChI=1S/C12H12Cl3N3/c13-10-2-3-11(14)12(15)9(10)8-16-5-7-18-6-1-4-17-18/h1-4,6,16H,5,7-8H2. The molecule has 0 saturated carbocycles. The third kappa shape index (κ3) is 3.39. The molecule has 0 aliphatic heterocycles. The molecule has 0 spiro atoms. The van der Waals surface area contributed by atoms with Gasteiger partial charge in [0.1, 0.15) is 0 Å². The van der Waals surface area contributed by atoms with Gasteiger partial charge in [-0.15, -0.1) is 0 Å². The topological polar surface area (TPSA) is 29.9 Å². The number of halogens is 3. The van der Waals surface area contributed by atoms with Crippen molar-refractivity contribution in [3.8, 4) is 0 Å². The SMILES string of the molecule is Clc1ccc(Cl)c(CNCCn2cccn2)c1Cl. The van der Waals surface area contributed by atoms with E-state index in [1.54, 1.807) is 18.3 Å². The zero-order valence-electron chi connectivity index (χ0n) is 9.54. The Morgan fingerprint density at radius 2 is 1.94 bits per heavy atom. The van der Waals surface area contributed by atoms with Gasteiger partial charge >= 0.3 is 0 Å². The molecule has 18 heavy (non-hydrogen) atoms. The van der Waals surface area contributed by atoms with Gasteiger partial charge < -0.3 is 5.32 Å². The predicted molar refractivity (Wildman–Crippen MR) is 75.4 cm³/mol. The summed E-state index contributed by atoms with van der Waals surface area (Å²) in [5.74, 6) is 0. The van der Waals surface area contributed by atoms with Crippen molar-refractivity contribution in [1.82, 2.24) is 15.1 Å². The molecule has 6 heteroatoms. The second-order valence-corrected chi connectivity index (χ2v) is 4.96. The van der Waals surface area contributed by atoms with E-state index in [0.717, 1.165) is 18.7 Å². The third-order valence-electron chi connectivity index (χ3n) is 2.52. The lowest BCUT2D eigenvalue weighted by Crippen LogP contribution is -2.20. The molecular formula is C12H12Cl3N3. The summed E-state index contributed by atoms with van der Waals surface area (Å²) in [7, 11) is 0. The Kier molecular flexibility index (Phi) is 4.89. The summed E-state index contributed by atoms with van der Waals surface area (Å²) in [5.41, 5.74) is 0.825. The largest absolute Gasteiger partial charge is 0.311 e. The monoisotopic (exact) mass is 303 g/mol. The molecule has 0 aliphatic carbocycles. The number of nitrogens with one attached hydrogen (secondary N) is 1. The molecule has 0 bridgehead atoms. The second kappa shape index (κ2) is 6.43. The number of benzene rings is 1. The Morgan fingerprint density at radius 3 is 2.67 bits per heavy atom. The fourth-order valence-electron chi connectivity index (χ4n) is 1.57. The van der Waals surface area contributed by atoms with Crippen LogP contribution in [0.3, 0.4) is 0 Å². The number of hydrogen-bond donors (Lipinski definition) is 1. The molecule has 0 atom stereocenters. The lowest BCUT2D eigenvalue weighted by atomic mass is 10.2. The Morgan fingerprint density at radius 1 is 1.17 bits per heavy atom. The lowest BCUT2D eigenvalue weighted by molar-refractivity contribution is 0.555. The van der Waals surface area contributed by atoms with Gasteiger partial charge in [0, 0.05) is 36.1 Å². The normalized spacial score (nSPS) is 10.8. The Hall–Kier alpha value is -0.740. The molecule has 1 aromatic carbocycles. The fraction of sp³-hybridized carbons (Fsp3) is 0.250. The van der Waals surface area contributed by atoms with E-state index in [-0.39, 0.29) is 0 Å². The van der Waals surface area contributed by atoms with Crippen LogP contribution in [0.5, 0.6) is 0 Å². The quantitative estimate of drug-likeness (QED) is 0.675. The summed E-state index contributed by atoms with van der Waals surface area (Å²) in [6, 6.07) is 5.34. The number of hydrogen-bond acceptors (Lipinski definition) is 2. The van der Waals surface area contributed by atoms with Gasteiger partial charge in [0.15, 0.2) is 0 Å².